The Kier molecular flexibility index (Phi) is 1.94. The van der Waals surface area contributed by atoms with E-state index in [-0.39, 0.29) is 10.5 Å². The molecular formula is C5H5F2N3O2. The van der Waals surface area contributed by atoms with Crippen LogP contribution in [0.25, 0.3) is 0 Å². The van der Waals surface area contributed by atoms with Gasteiger partial charge in [0.1, 0.15) is 5.82 Å². The van der Waals surface area contributed by atoms with Crippen molar-refractivity contribution in [3.63, 3.8) is 0 Å². The lowest BCUT2D eigenvalue weighted by atomic mass is 10.4. The summed E-state index contributed by atoms with van der Waals surface area (Å²) in [5.74, 6) is -1.73. The van der Waals surface area contributed by atoms with Crippen LogP contribution in [0, 0.1) is 0 Å². The van der Waals surface area contributed by atoms with Crippen LogP contribution in [0.15, 0.2) is 6.07 Å². The van der Waals surface area contributed by atoms with E-state index in [1.165, 1.54) is 0 Å². The first-order valence-electron chi connectivity index (χ1n) is 2.89. The monoisotopic (exact) mass is 177 g/mol. The van der Waals surface area contributed by atoms with Gasteiger partial charge in [-0.25, -0.2) is 4.79 Å². The van der Waals surface area contributed by atoms with E-state index in [0.29, 0.717) is 0 Å². The number of rotatable bonds is 2. The maximum absolute atomic E-state index is 12.0. The van der Waals surface area contributed by atoms with Crippen molar-refractivity contribution in [3.05, 3.63) is 11.8 Å². The number of hydrogen-bond donors (Lipinski definition) is 2. The number of alkyl halides is 2. The summed E-state index contributed by atoms with van der Waals surface area (Å²) in [6.07, 6.45) is 0. The number of aromatic nitrogens is 2. The van der Waals surface area contributed by atoms with Crippen LogP contribution in [-0.4, -0.2) is 20.9 Å². The van der Waals surface area contributed by atoms with Gasteiger partial charge in [-0.05, 0) is 0 Å². The zero-order valence-electron chi connectivity index (χ0n) is 5.74. The number of anilines is 1. The highest BCUT2D eigenvalue weighted by atomic mass is 19.3. The molecule has 0 bridgehead atoms. The van der Waals surface area contributed by atoms with Gasteiger partial charge in [0.2, 0.25) is 0 Å². The molecule has 12 heavy (non-hydrogen) atoms. The van der Waals surface area contributed by atoms with Gasteiger partial charge >= 0.3 is 12.5 Å². The molecule has 0 saturated carbocycles. The van der Waals surface area contributed by atoms with Crippen LogP contribution in [0.4, 0.5) is 14.6 Å². The number of hydrogen-bond acceptors (Lipinski definition) is 3. The van der Waals surface area contributed by atoms with Crippen LogP contribution < -0.4 is 5.73 Å². The Labute approximate surface area is 65.4 Å². The van der Waals surface area contributed by atoms with E-state index in [4.69, 9.17) is 10.8 Å². The summed E-state index contributed by atoms with van der Waals surface area (Å²) < 4.78 is 24.0. The minimum atomic E-state index is -2.99. The molecule has 0 aliphatic carbocycles. The summed E-state index contributed by atoms with van der Waals surface area (Å²) in [6.45, 7) is -2.99. The second-order valence-corrected chi connectivity index (χ2v) is 1.98. The lowest BCUT2D eigenvalue weighted by Crippen LogP contribution is -2.10. The average molecular weight is 177 g/mol. The summed E-state index contributed by atoms with van der Waals surface area (Å²) in [5, 5.41) is 11.5. The maximum Gasteiger partial charge on any atom is 0.354 e. The van der Waals surface area contributed by atoms with Crippen LogP contribution >= 0.6 is 0 Å². The van der Waals surface area contributed by atoms with Gasteiger partial charge in [0.15, 0.2) is 5.69 Å². The van der Waals surface area contributed by atoms with Crippen LogP contribution in [0.3, 0.4) is 0 Å². The van der Waals surface area contributed by atoms with Gasteiger partial charge < -0.3 is 10.8 Å². The van der Waals surface area contributed by atoms with E-state index in [1.54, 1.807) is 0 Å². The molecule has 0 aliphatic rings. The van der Waals surface area contributed by atoms with E-state index in [2.05, 4.69) is 5.10 Å². The third-order valence-corrected chi connectivity index (χ3v) is 1.16. The lowest BCUT2D eigenvalue weighted by Gasteiger charge is -1.99. The van der Waals surface area contributed by atoms with E-state index < -0.39 is 18.2 Å². The molecule has 66 valence electrons. The van der Waals surface area contributed by atoms with E-state index in [9.17, 15) is 13.6 Å². The molecule has 1 heterocycles. The summed E-state index contributed by atoms with van der Waals surface area (Å²) in [4.78, 5) is 10.3. The Morgan fingerprint density at radius 2 is 2.33 bits per heavy atom. The second-order valence-electron chi connectivity index (χ2n) is 1.98. The standard InChI is InChI=1S/C5H5F2N3O2/c6-5(7)10-2(4(11)12)1-3(8)9-10/h1,5H,(H2,8,9)(H,11,12). The number of nitrogen functional groups attached to an aromatic ring is 1. The summed E-state index contributed by atoms with van der Waals surface area (Å²) >= 11 is 0. The van der Waals surface area contributed by atoms with E-state index in [0.717, 1.165) is 6.07 Å². The molecule has 0 unspecified atom stereocenters. The average Bonchev–Trinajstić information content (AvgIpc) is 2.31. The molecule has 0 fully saturated rings. The molecule has 1 rings (SSSR count). The van der Waals surface area contributed by atoms with Crippen molar-refractivity contribution >= 4 is 11.8 Å². The quantitative estimate of drug-likeness (QED) is 0.691. The van der Waals surface area contributed by atoms with Gasteiger partial charge in [-0.2, -0.15) is 13.5 Å². The summed E-state index contributed by atoms with van der Waals surface area (Å²) in [6, 6.07) is 0.870. The van der Waals surface area contributed by atoms with Gasteiger partial charge in [0.05, 0.1) is 0 Å². The predicted octanol–water partition coefficient (Wildman–Crippen LogP) is 0.559. The van der Waals surface area contributed by atoms with Gasteiger partial charge in [-0.15, -0.1) is 5.10 Å². The SMILES string of the molecule is Nc1cc(C(=O)O)n(C(F)F)n1. The number of nitrogens with two attached hydrogens (primary N) is 1. The first-order valence-corrected chi connectivity index (χ1v) is 2.89. The second kappa shape index (κ2) is 2.76. The lowest BCUT2D eigenvalue weighted by molar-refractivity contribution is 0.0441. The number of carboxylic acids is 1. The fraction of sp³-hybridized carbons (Fsp3) is 0.200. The first-order chi connectivity index (χ1) is 5.52. The van der Waals surface area contributed by atoms with E-state index in [1.807, 2.05) is 0 Å². The van der Waals surface area contributed by atoms with Gasteiger partial charge in [0.25, 0.3) is 0 Å². The number of nitrogens with zero attached hydrogens (tertiary/aromatic N) is 2. The van der Waals surface area contributed by atoms with Crippen LogP contribution in [0.1, 0.15) is 17.0 Å². The molecule has 0 saturated heterocycles. The maximum atomic E-state index is 12.0. The zero-order valence-corrected chi connectivity index (χ0v) is 5.74. The zero-order chi connectivity index (χ0) is 9.30. The molecule has 0 atom stereocenters. The van der Waals surface area contributed by atoms with Crippen molar-refractivity contribution in [1.82, 2.24) is 9.78 Å². The normalized spacial score (nSPS) is 10.6. The third-order valence-electron chi connectivity index (χ3n) is 1.16. The molecule has 7 heteroatoms. The topological polar surface area (TPSA) is 81.1 Å². The Morgan fingerprint density at radius 3 is 2.67 bits per heavy atom. The van der Waals surface area contributed by atoms with Crippen LogP contribution in [0.5, 0.6) is 0 Å². The van der Waals surface area contributed by atoms with Crippen molar-refractivity contribution in [2.24, 2.45) is 0 Å². The van der Waals surface area contributed by atoms with Crippen LogP contribution in [0.2, 0.25) is 0 Å². The minimum absolute atomic E-state index is 0.0532. The highest BCUT2D eigenvalue weighted by Gasteiger charge is 2.18. The van der Waals surface area contributed by atoms with Crippen molar-refractivity contribution < 1.29 is 18.7 Å². The molecule has 0 amide bonds. The highest BCUT2D eigenvalue weighted by molar-refractivity contribution is 5.86. The summed E-state index contributed by atoms with van der Waals surface area (Å²) in [7, 11) is 0. The summed E-state index contributed by atoms with van der Waals surface area (Å²) in [5.41, 5.74) is 4.40. The van der Waals surface area contributed by atoms with E-state index >= 15 is 0 Å². The van der Waals surface area contributed by atoms with Gasteiger partial charge in [-0.1, -0.05) is 0 Å². The fourth-order valence-electron chi connectivity index (χ4n) is 0.722. The molecule has 0 aliphatic heterocycles. The number of carboxylic acid groups (broad SMARTS) is 1. The molecular weight excluding hydrogens is 172 g/mol. The first kappa shape index (κ1) is 8.44. The van der Waals surface area contributed by atoms with Crippen molar-refractivity contribution in [2.45, 2.75) is 6.55 Å². The number of aromatic carboxylic acids is 1. The Hall–Kier alpha value is -1.66. The molecule has 3 N–H and O–H groups in total. The van der Waals surface area contributed by atoms with Gasteiger partial charge in [-0.3, -0.25) is 0 Å². The number of halogens is 2. The smallest absolute Gasteiger partial charge is 0.354 e. The molecule has 1 aromatic rings. The van der Waals surface area contributed by atoms with Gasteiger partial charge in [0, 0.05) is 6.07 Å². The van der Waals surface area contributed by atoms with Crippen molar-refractivity contribution in [3.8, 4) is 0 Å². The molecule has 0 spiro atoms. The largest absolute Gasteiger partial charge is 0.477 e. The molecule has 1 aromatic heterocycles. The Bertz CT molecular complexity index is 310. The minimum Gasteiger partial charge on any atom is -0.477 e. The predicted molar refractivity (Wildman–Crippen MR) is 34.9 cm³/mol. The fourth-order valence-corrected chi connectivity index (χ4v) is 0.722. The third kappa shape index (κ3) is 1.34. The number of carbonyl (C=O) groups is 1. The van der Waals surface area contributed by atoms with Crippen LogP contribution in [-0.2, 0) is 0 Å². The highest BCUT2D eigenvalue weighted by Crippen LogP contribution is 2.15. The molecule has 0 radical (unpaired) electrons. The Morgan fingerprint density at radius 1 is 1.75 bits per heavy atom. The van der Waals surface area contributed by atoms with Crippen molar-refractivity contribution in [2.75, 3.05) is 5.73 Å². The Balaban J connectivity index is 3.17. The molecule has 0 aromatic carbocycles. The molecule has 5 nitrogen and oxygen atoms in total. The van der Waals surface area contributed by atoms with Crippen molar-refractivity contribution in [1.29, 1.82) is 0 Å².